The van der Waals surface area contributed by atoms with Crippen LogP contribution < -0.4 is 10.4 Å². The molecule has 2 aliphatic heterocycles. The maximum atomic E-state index is 13.8. The third kappa shape index (κ3) is 5.69. The predicted molar refractivity (Wildman–Crippen MR) is 182 cm³/mol. The molecule has 6 rings (SSSR count). The number of hydrogen-bond donors (Lipinski definition) is 2. The average molecular weight is 718 g/mol. The highest BCUT2D eigenvalue weighted by Gasteiger charge is 2.60. The Morgan fingerprint density at radius 2 is 1.62 bits per heavy atom. The average Bonchev–Trinajstić information content (AvgIpc) is 3.31. The Labute approximate surface area is 283 Å². The van der Waals surface area contributed by atoms with Gasteiger partial charge in [-0.3, -0.25) is 9.59 Å². The summed E-state index contributed by atoms with van der Waals surface area (Å²) in [6.45, 7) is 6.57. The number of amides is 3. The van der Waals surface area contributed by atoms with Crippen LogP contribution >= 0.6 is 15.9 Å². The number of likely N-dealkylation sites (tertiary alicyclic amines) is 1. The van der Waals surface area contributed by atoms with Gasteiger partial charge < -0.3 is 23.9 Å². The number of benzene rings is 3. The molecule has 4 atom stereocenters. The van der Waals surface area contributed by atoms with Crippen molar-refractivity contribution >= 4 is 59.6 Å². The number of rotatable bonds is 6. The number of carbonyl (C=O) groups excluding carboxylic acids is 3. The molecule has 2 fully saturated rings. The first-order chi connectivity index (χ1) is 22.4. The molecule has 3 aliphatic rings. The van der Waals surface area contributed by atoms with Gasteiger partial charge in [-0.15, -0.1) is 0 Å². The molecule has 0 spiro atoms. The fourth-order valence-corrected chi connectivity index (χ4v) is 12.7. The third-order valence-corrected chi connectivity index (χ3v) is 15.3. The number of imide groups is 3. The molecule has 0 unspecified atom stereocenters. The quantitative estimate of drug-likeness (QED) is 0.273. The zero-order valence-corrected chi connectivity index (χ0v) is 29.3. The van der Waals surface area contributed by atoms with Gasteiger partial charge in [0.1, 0.15) is 5.75 Å². The second-order valence-electron chi connectivity index (χ2n) is 13.4. The number of carbonyl (C=O) groups is 3. The monoisotopic (exact) mass is 717 g/mol. The molecule has 3 amide bonds. The Balaban J connectivity index is 1.46. The molecular weight excluding hydrogens is 681 g/mol. The van der Waals surface area contributed by atoms with Crippen molar-refractivity contribution in [1.29, 1.82) is 0 Å². The van der Waals surface area contributed by atoms with Crippen LogP contribution in [0.3, 0.4) is 0 Å². The molecule has 1 aliphatic carbocycles. The van der Waals surface area contributed by atoms with Crippen LogP contribution in [0.5, 0.6) is 5.75 Å². The summed E-state index contributed by atoms with van der Waals surface area (Å²) >= 11 is 3.44. The van der Waals surface area contributed by atoms with Gasteiger partial charge in [-0.25, -0.2) is 4.79 Å². The van der Waals surface area contributed by atoms with E-state index in [2.05, 4.69) is 61.0 Å². The maximum Gasteiger partial charge on any atom is 0.487 e. The number of hydrogen-bond acceptors (Lipinski definition) is 8. The van der Waals surface area contributed by atoms with Crippen LogP contribution in [0.4, 0.5) is 4.79 Å². The number of aromatic hydroxyl groups is 1. The lowest BCUT2D eigenvalue weighted by Crippen LogP contribution is -2.66. The number of phenols is 1. The number of ether oxygens (including phenoxy) is 1. The first-order valence-electron chi connectivity index (χ1n) is 15.6. The third-order valence-electron chi connectivity index (χ3n) is 9.78. The van der Waals surface area contributed by atoms with Crippen molar-refractivity contribution in [3.63, 3.8) is 0 Å². The number of phenolic OH excluding ortho intramolecular Hbond substituents is 1. The van der Waals surface area contributed by atoms with Gasteiger partial charge in [0.25, 0.3) is 8.32 Å². The molecule has 0 aromatic heterocycles. The summed E-state index contributed by atoms with van der Waals surface area (Å²) in [5, 5.41) is 24.2. The Morgan fingerprint density at radius 3 is 2.19 bits per heavy atom. The van der Waals surface area contributed by atoms with Crippen molar-refractivity contribution < 1.29 is 38.3 Å². The molecule has 2 N–H and O–H groups in total. The van der Waals surface area contributed by atoms with E-state index < -0.39 is 57.2 Å². The van der Waals surface area contributed by atoms with E-state index in [1.807, 2.05) is 36.4 Å². The lowest BCUT2D eigenvalue weighted by molar-refractivity contribution is -0.137. The summed E-state index contributed by atoms with van der Waals surface area (Å²) in [6, 6.07) is 25.2. The second kappa shape index (κ2) is 12.8. The van der Waals surface area contributed by atoms with Crippen LogP contribution in [0.15, 0.2) is 94.4 Å². The Morgan fingerprint density at radius 1 is 1.00 bits per heavy atom. The minimum atomic E-state index is -3.02. The van der Waals surface area contributed by atoms with Gasteiger partial charge in [-0.2, -0.15) is 4.90 Å². The van der Waals surface area contributed by atoms with Crippen LogP contribution in [-0.4, -0.2) is 62.1 Å². The predicted octanol–water partition coefficient (Wildman–Crippen LogP) is 4.90. The minimum absolute atomic E-state index is 0.0227. The first kappa shape index (κ1) is 33.4. The van der Waals surface area contributed by atoms with E-state index >= 15 is 0 Å². The Bertz CT molecular complexity index is 1690. The minimum Gasteiger partial charge on any atom is -0.508 e. The highest BCUT2D eigenvalue weighted by molar-refractivity contribution is 9.10. The normalized spacial score (nSPS) is 23.1. The summed E-state index contributed by atoms with van der Waals surface area (Å²) in [7, 11) is -3.34. The standard InChI is InChI=1S/C35H37BBrNO8Si/c1-35(2,3)47(23-11-7-5-8-12-23,24-13-9-6-10-14-24)45-20-21-17-27-30(33(41)38(32(27)40)34(42)44-4)26-19-29(46-36(43)31(21)26)25-18-22(37)15-16-28(25)39/h5-16,18,26-27,29-30,39,43H,17,19-20H2,1-4H3/t26-,27-,29-,30+/m0/s1. The van der Waals surface area contributed by atoms with Gasteiger partial charge in [0.05, 0.1) is 31.7 Å². The fraction of sp³-hybridized carbons (Fsp3) is 0.343. The number of fused-ring (bicyclic) bond motifs is 3. The van der Waals surface area contributed by atoms with E-state index in [9.17, 15) is 24.5 Å². The van der Waals surface area contributed by atoms with Crippen molar-refractivity contribution in [3.05, 3.63) is 99.9 Å². The molecule has 0 bridgehead atoms. The van der Waals surface area contributed by atoms with Crippen LogP contribution in [0, 0.1) is 17.8 Å². The zero-order chi connectivity index (χ0) is 33.7. The first-order valence-corrected chi connectivity index (χ1v) is 18.3. The van der Waals surface area contributed by atoms with Crippen LogP contribution in [0.2, 0.25) is 5.04 Å². The van der Waals surface area contributed by atoms with Gasteiger partial charge >= 0.3 is 13.2 Å². The van der Waals surface area contributed by atoms with Crippen molar-refractivity contribution in [2.24, 2.45) is 17.8 Å². The summed E-state index contributed by atoms with van der Waals surface area (Å²) < 4.78 is 18.9. The Hall–Kier alpha value is -3.55. The van der Waals surface area contributed by atoms with Crippen LogP contribution in [0.1, 0.15) is 45.3 Å². The van der Waals surface area contributed by atoms with Crippen LogP contribution in [-0.2, 0) is 23.4 Å². The fourth-order valence-electron chi connectivity index (χ4n) is 7.76. The summed E-state index contributed by atoms with van der Waals surface area (Å²) in [6.07, 6.45) is -1.52. The molecule has 244 valence electrons. The molecule has 2 heterocycles. The maximum absolute atomic E-state index is 13.8. The van der Waals surface area contributed by atoms with Gasteiger partial charge in [0.15, 0.2) is 0 Å². The van der Waals surface area contributed by atoms with E-state index in [1.165, 1.54) is 6.07 Å². The van der Waals surface area contributed by atoms with E-state index in [0.29, 0.717) is 26.0 Å². The highest BCUT2D eigenvalue weighted by atomic mass is 79.9. The second-order valence-corrected chi connectivity index (χ2v) is 18.6. The number of nitrogens with zero attached hydrogens (tertiary/aromatic N) is 1. The molecule has 12 heteroatoms. The molecular formula is C35H37BBrNO8Si. The number of allylic oxidation sites excluding steroid dienone is 1. The molecule has 2 saturated heterocycles. The number of methoxy groups -OCH3 is 1. The molecule has 3 aromatic rings. The van der Waals surface area contributed by atoms with Gasteiger partial charge in [0, 0.05) is 10.0 Å². The van der Waals surface area contributed by atoms with Crippen LogP contribution in [0.25, 0.3) is 0 Å². The summed E-state index contributed by atoms with van der Waals surface area (Å²) in [5.41, 5.74) is 1.59. The van der Waals surface area contributed by atoms with Gasteiger partial charge in [-0.05, 0) is 63.4 Å². The Kier molecular flexibility index (Phi) is 9.09. The lowest BCUT2D eigenvalue weighted by atomic mass is 9.55. The smallest absolute Gasteiger partial charge is 0.487 e. The van der Waals surface area contributed by atoms with Crippen molar-refractivity contribution in [2.45, 2.75) is 44.8 Å². The van der Waals surface area contributed by atoms with E-state index in [4.69, 9.17) is 13.8 Å². The molecule has 3 aromatic carbocycles. The van der Waals surface area contributed by atoms with Crippen molar-refractivity contribution in [3.8, 4) is 5.75 Å². The van der Waals surface area contributed by atoms with Crippen molar-refractivity contribution in [2.75, 3.05) is 13.7 Å². The van der Waals surface area contributed by atoms with Gasteiger partial charge in [0.2, 0.25) is 11.8 Å². The molecule has 9 nitrogen and oxygen atoms in total. The van der Waals surface area contributed by atoms with Gasteiger partial charge in [-0.1, -0.05) is 97.4 Å². The van der Waals surface area contributed by atoms with Crippen molar-refractivity contribution in [1.82, 2.24) is 4.90 Å². The van der Waals surface area contributed by atoms with E-state index in [0.717, 1.165) is 17.5 Å². The molecule has 0 radical (unpaired) electrons. The SMILES string of the molecule is COC(=O)N1C(=O)[C@H]2[C@H](CC(CO[Si](c3ccccc3)(c3ccccc3)C(C)(C)C)=C3B(O)O[C@H](c4cc(Br)ccc4O)C[C@H]32)C1=O. The van der Waals surface area contributed by atoms with E-state index in [1.54, 1.807) is 12.1 Å². The zero-order valence-electron chi connectivity index (χ0n) is 26.7. The highest BCUT2D eigenvalue weighted by Crippen LogP contribution is 2.52. The lowest BCUT2D eigenvalue weighted by Gasteiger charge is -2.45. The topological polar surface area (TPSA) is 123 Å². The molecule has 0 saturated carbocycles. The molecule has 47 heavy (non-hydrogen) atoms. The summed E-state index contributed by atoms with van der Waals surface area (Å²) in [4.78, 5) is 40.7. The number of halogens is 1. The summed E-state index contributed by atoms with van der Waals surface area (Å²) in [5.74, 6) is -3.74. The van der Waals surface area contributed by atoms with E-state index in [-0.39, 0.29) is 30.2 Å². The largest absolute Gasteiger partial charge is 0.508 e.